The van der Waals surface area contributed by atoms with Crippen molar-refractivity contribution in [2.24, 2.45) is 0 Å². The van der Waals surface area contributed by atoms with E-state index in [-0.39, 0.29) is 17.9 Å². The molecule has 34 heavy (non-hydrogen) atoms. The number of rotatable bonds is 8. The number of aliphatic hydroxyl groups excluding tert-OH is 1. The van der Waals surface area contributed by atoms with Gasteiger partial charge in [-0.2, -0.15) is 0 Å². The molecule has 2 heterocycles. The Morgan fingerprint density at radius 2 is 1.88 bits per heavy atom. The van der Waals surface area contributed by atoms with Gasteiger partial charge in [0.15, 0.2) is 0 Å². The summed E-state index contributed by atoms with van der Waals surface area (Å²) in [7, 11) is 0. The zero-order valence-corrected chi connectivity index (χ0v) is 19.4. The fourth-order valence-electron chi connectivity index (χ4n) is 4.18. The minimum atomic E-state index is -0.707. The van der Waals surface area contributed by atoms with Gasteiger partial charge in [0.05, 0.1) is 18.2 Å². The molecule has 1 aliphatic rings. The number of amides is 1. The largest absolute Gasteiger partial charge is 0.507 e. The molecule has 174 valence electrons. The van der Waals surface area contributed by atoms with Crippen LogP contribution in [0.15, 0.2) is 78.6 Å². The van der Waals surface area contributed by atoms with Crippen molar-refractivity contribution in [2.75, 3.05) is 6.61 Å². The number of carbonyl (C=O) groups excluding carboxylic acids is 2. The predicted molar refractivity (Wildman–Crippen MR) is 130 cm³/mol. The quantitative estimate of drug-likeness (QED) is 0.218. The fourth-order valence-corrected chi connectivity index (χ4v) is 4.18. The summed E-state index contributed by atoms with van der Waals surface area (Å²) in [6.45, 7) is 4.78. The molecule has 1 saturated heterocycles. The van der Waals surface area contributed by atoms with Gasteiger partial charge in [-0.15, -0.1) is 0 Å². The second kappa shape index (κ2) is 10.3. The molecule has 0 saturated carbocycles. The number of ether oxygens (including phenoxy) is 1. The van der Waals surface area contributed by atoms with Gasteiger partial charge < -0.3 is 14.7 Å². The molecule has 0 unspecified atom stereocenters. The molecule has 0 spiro atoms. The molecule has 2 aromatic carbocycles. The SMILES string of the molecule is CCCCOc1ccc(C(O)=C2C(=O)C(=O)N(Cc3cccnc3)[C@@H]2c2ccccc2)c(C)c1. The smallest absolute Gasteiger partial charge is 0.295 e. The van der Waals surface area contributed by atoms with Crippen LogP contribution in [0.3, 0.4) is 0 Å². The molecule has 4 rings (SSSR count). The predicted octanol–water partition coefficient (Wildman–Crippen LogP) is 5.19. The van der Waals surface area contributed by atoms with Crippen LogP contribution in [0.2, 0.25) is 0 Å². The number of carbonyl (C=O) groups is 2. The highest BCUT2D eigenvalue weighted by Gasteiger charge is 2.46. The number of nitrogens with zero attached hydrogens (tertiary/aromatic N) is 2. The second-order valence-electron chi connectivity index (χ2n) is 8.38. The van der Waals surface area contributed by atoms with Crippen LogP contribution in [-0.4, -0.2) is 33.3 Å². The molecule has 0 bridgehead atoms. The van der Waals surface area contributed by atoms with Crippen LogP contribution in [0.25, 0.3) is 5.76 Å². The number of pyridine rings is 1. The number of aliphatic hydroxyl groups is 1. The summed E-state index contributed by atoms with van der Waals surface area (Å²) in [5.41, 5.74) is 2.90. The maximum Gasteiger partial charge on any atom is 0.295 e. The fraction of sp³-hybridized carbons (Fsp3) is 0.250. The lowest BCUT2D eigenvalue weighted by molar-refractivity contribution is -0.140. The second-order valence-corrected chi connectivity index (χ2v) is 8.38. The minimum absolute atomic E-state index is 0.0860. The van der Waals surface area contributed by atoms with Crippen LogP contribution < -0.4 is 4.74 Å². The highest BCUT2D eigenvalue weighted by atomic mass is 16.5. The Labute approximate surface area is 199 Å². The van der Waals surface area contributed by atoms with Crippen molar-refractivity contribution >= 4 is 17.4 Å². The van der Waals surface area contributed by atoms with Gasteiger partial charge in [0.2, 0.25) is 0 Å². The number of hydrogen-bond acceptors (Lipinski definition) is 5. The zero-order chi connectivity index (χ0) is 24.1. The summed E-state index contributed by atoms with van der Waals surface area (Å²) in [5.74, 6) is -0.813. The summed E-state index contributed by atoms with van der Waals surface area (Å²) in [6.07, 6.45) is 5.32. The third-order valence-electron chi connectivity index (χ3n) is 5.95. The monoisotopic (exact) mass is 456 g/mol. The molecule has 1 aromatic heterocycles. The van der Waals surface area contributed by atoms with Crippen molar-refractivity contribution in [1.82, 2.24) is 9.88 Å². The van der Waals surface area contributed by atoms with Crippen molar-refractivity contribution in [1.29, 1.82) is 0 Å². The van der Waals surface area contributed by atoms with Crippen LogP contribution in [0.1, 0.15) is 48.1 Å². The van der Waals surface area contributed by atoms with E-state index in [1.807, 2.05) is 49.4 Å². The molecule has 6 heteroatoms. The molecule has 3 aromatic rings. The van der Waals surface area contributed by atoms with E-state index in [1.165, 1.54) is 4.90 Å². The topological polar surface area (TPSA) is 79.7 Å². The number of unbranched alkanes of at least 4 members (excludes halogenated alkanes) is 1. The first kappa shape index (κ1) is 23.2. The van der Waals surface area contributed by atoms with E-state index in [0.717, 1.165) is 29.5 Å². The van der Waals surface area contributed by atoms with Crippen LogP contribution >= 0.6 is 0 Å². The first-order chi connectivity index (χ1) is 16.5. The Bertz CT molecular complexity index is 1210. The Balaban J connectivity index is 1.76. The average Bonchev–Trinajstić information content (AvgIpc) is 3.10. The molecule has 1 atom stereocenters. The molecular formula is C28H28N2O4. The summed E-state index contributed by atoms with van der Waals surface area (Å²) in [6, 6.07) is 17.6. The van der Waals surface area contributed by atoms with Crippen LogP contribution in [-0.2, 0) is 16.1 Å². The Morgan fingerprint density at radius 1 is 1.09 bits per heavy atom. The number of likely N-dealkylation sites (tertiary alicyclic amines) is 1. The van der Waals surface area contributed by atoms with Gasteiger partial charge in [0.1, 0.15) is 11.5 Å². The van der Waals surface area contributed by atoms with Gasteiger partial charge >= 0.3 is 0 Å². The molecule has 6 nitrogen and oxygen atoms in total. The summed E-state index contributed by atoms with van der Waals surface area (Å²) >= 11 is 0. The zero-order valence-electron chi connectivity index (χ0n) is 19.4. The number of aromatic nitrogens is 1. The third-order valence-corrected chi connectivity index (χ3v) is 5.95. The highest BCUT2D eigenvalue weighted by molar-refractivity contribution is 6.46. The lowest BCUT2D eigenvalue weighted by atomic mass is 9.94. The van der Waals surface area contributed by atoms with Crippen molar-refractivity contribution < 1.29 is 19.4 Å². The average molecular weight is 457 g/mol. The van der Waals surface area contributed by atoms with Gasteiger partial charge in [-0.3, -0.25) is 14.6 Å². The standard InChI is InChI=1S/C28H28N2O4/c1-3-4-15-34-22-12-13-23(19(2)16-22)26(31)24-25(21-10-6-5-7-11-21)30(28(33)27(24)32)18-20-9-8-14-29-17-20/h5-14,16-17,25,31H,3-4,15,18H2,1-2H3/t25-/m1/s1. The summed E-state index contributed by atoms with van der Waals surface area (Å²) in [5, 5.41) is 11.3. The van der Waals surface area contributed by atoms with E-state index in [0.29, 0.717) is 17.9 Å². The van der Waals surface area contributed by atoms with Crippen LogP contribution in [0.4, 0.5) is 0 Å². The van der Waals surface area contributed by atoms with E-state index >= 15 is 0 Å². The van der Waals surface area contributed by atoms with Crippen LogP contribution in [0.5, 0.6) is 5.75 Å². The van der Waals surface area contributed by atoms with Gasteiger partial charge in [-0.1, -0.05) is 49.7 Å². The van der Waals surface area contributed by atoms with Crippen molar-refractivity contribution in [3.05, 3.63) is 101 Å². The summed E-state index contributed by atoms with van der Waals surface area (Å²) in [4.78, 5) is 31.9. The number of hydrogen-bond donors (Lipinski definition) is 1. The van der Waals surface area contributed by atoms with Gasteiger partial charge in [0, 0.05) is 24.5 Å². The van der Waals surface area contributed by atoms with Crippen molar-refractivity contribution in [2.45, 2.75) is 39.3 Å². The van der Waals surface area contributed by atoms with Crippen LogP contribution in [0, 0.1) is 6.92 Å². The molecular weight excluding hydrogens is 428 g/mol. The molecule has 0 aliphatic carbocycles. The Morgan fingerprint density at radius 3 is 2.56 bits per heavy atom. The minimum Gasteiger partial charge on any atom is -0.507 e. The maximum atomic E-state index is 13.2. The van der Waals surface area contributed by atoms with Crippen molar-refractivity contribution in [3.63, 3.8) is 0 Å². The molecule has 1 N–H and O–H groups in total. The first-order valence-corrected chi connectivity index (χ1v) is 11.5. The number of benzene rings is 2. The first-order valence-electron chi connectivity index (χ1n) is 11.5. The summed E-state index contributed by atoms with van der Waals surface area (Å²) < 4.78 is 5.77. The van der Waals surface area contributed by atoms with E-state index < -0.39 is 17.7 Å². The Kier molecular flexibility index (Phi) is 7.07. The van der Waals surface area contributed by atoms with Gasteiger partial charge in [-0.05, 0) is 54.3 Å². The number of ketones is 1. The van der Waals surface area contributed by atoms with E-state index in [4.69, 9.17) is 4.74 Å². The molecule has 1 aliphatic heterocycles. The third kappa shape index (κ3) is 4.71. The molecule has 0 radical (unpaired) electrons. The normalized spacial score (nSPS) is 17.2. The Hall–Kier alpha value is -3.93. The van der Waals surface area contributed by atoms with E-state index in [1.54, 1.807) is 30.6 Å². The van der Waals surface area contributed by atoms with E-state index in [2.05, 4.69) is 11.9 Å². The number of Topliss-reactive ketones (excluding diaryl/α,β-unsaturated/α-hetero) is 1. The lowest BCUT2D eigenvalue weighted by Gasteiger charge is -2.25. The molecule has 1 amide bonds. The van der Waals surface area contributed by atoms with Gasteiger partial charge in [-0.25, -0.2) is 0 Å². The maximum absolute atomic E-state index is 13.2. The highest BCUT2D eigenvalue weighted by Crippen LogP contribution is 2.40. The molecule has 1 fully saturated rings. The van der Waals surface area contributed by atoms with Crippen molar-refractivity contribution in [3.8, 4) is 5.75 Å². The lowest BCUT2D eigenvalue weighted by Crippen LogP contribution is -2.29. The number of aryl methyl sites for hydroxylation is 1. The van der Waals surface area contributed by atoms with E-state index in [9.17, 15) is 14.7 Å². The van der Waals surface area contributed by atoms with Gasteiger partial charge in [0.25, 0.3) is 11.7 Å².